The average Bonchev–Trinajstić information content (AvgIpc) is 2.87. The highest BCUT2D eigenvalue weighted by atomic mass is 35.5. The second-order valence-electron chi connectivity index (χ2n) is 3.26. The maximum Gasteiger partial charge on any atom is 0.123 e. The number of nitrogen functional groups attached to an aromatic ring is 1. The number of hydrogen-bond acceptors (Lipinski definition) is 3. The lowest BCUT2D eigenvalue weighted by Crippen LogP contribution is -2.04. The van der Waals surface area contributed by atoms with Crippen molar-refractivity contribution in [2.45, 2.75) is 25.3 Å². The Morgan fingerprint density at radius 1 is 1.38 bits per heavy atom. The molecule has 0 aliphatic heterocycles. The number of nitrogens with zero attached hydrogens (tertiary/aromatic N) is 1. The van der Waals surface area contributed by atoms with Gasteiger partial charge in [0.25, 0.3) is 0 Å². The van der Waals surface area contributed by atoms with Gasteiger partial charge < -0.3 is 11.5 Å². The van der Waals surface area contributed by atoms with Gasteiger partial charge in [0.05, 0.1) is 5.69 Å². The predicted octanol–water partition coefficient (Wildman–Crippen LogP) is 1.42. The normalized spacial score (nSPS) is 15.2. The number of aromatic nitrogens is 1. The van der Waals surface area contributed by atoms with Crippen LogP contribution in [0.3, 0.4) is 0 Å². The summed E-state index contributed by atoms with van der Waals surface area (Å²) in [4.78, 5) is 4.30. The van der Waals surface area contributed by atoms with Gasteiger partial charge in [-0.15, -0.1) is 12.4 Å². The number of hydrogen-bond donors (Lipinski definition) is 2. The van der Waals surface area contributed by atoms with E-state index in [0.29, 0.717) is 18.3 Å². The summed E-state index contributed by atoms with van der Waals surface area (Å²) >= 11 is 0. The van der Waals surface area contributed by atoms with E-state index in [-0.39, 0.29) is 12.4 Å². The van der Waals surface area contributed by atoms with Crippen LogP contribution in [-0.2, 0) is 6.54 Å². The predicted molar refractivity (Wildman–Crippen MR) is 55.8 cm³/mol. The molecule has 1 aromatic rings. The van der Waals surface area contributed by atoms with Gasteiger partial charge in [0, 0.05) is 12.5 Å². The van der Waals surface area contributed by atoms with Gasteiger partial charge in [-0.2, -0.15) is 0 Å². The minimum absolute atomic E-state index is 0. The van der Waals surface area contributed by atoms with E-state index in [4.69, 9.17) is 11.5 Å². The SMILES string of the molecule is Cl.NCc1ccc(N)nc1C1CC1. The van der Waals surface area contributed by atoms with E-state index in [1.165, 1.54) is 12.8 Å². The Bertz CT molecular complexity index is 297. The molecule has 13 heavy (non-hydrogen) atoms. The fourth-order valence-electron chi connectivity index (χ4n) is 1.40. The van der Waals surface area contributed by atoms with Crippen LogP contribution < -0.4 is 11.5 Å². The van der Waals surface area contributed by atoms with Crippen molar-refractivity contribution in [3.63, 3.8) is 0 Å². The highest BCUT2D eigenvalue weighted by molar-refractivity contribution is 5.85. The summed E-state index contributed by atoms with van der Waals surface area (Å²) < 4.78 is 0. The summed E-state index contributed by atoms with van der Waals surface area (Å²) in [5, 5.41) is 0. The van der Waals surface area contributed by atoms with Crippen LogP contribution in [0.4, 0.5) is 5.82 Å². The van der Waals surface area contributed by atoms with Crippen molar-refractivity contribution in [1.29, 1.82) is 0 Å². The van der Waals surface area contributed by atoms with Crippen LogP contribution in [0.25, 0.3) is 0 Å². The fourth-order valence-corrected chi connectivity index (χ4v) is 1.40. The molecular weight excluding hydrogens is 186 g/mol. The summed E-state index contributed by atoms with van der Waals surface area (Å²) in [5.74, 6) is 1.24. The molecule has 3 nitrogen and oxygen atoms in total. The molecule has 1 aliphatic rings. The lowest BCUT2D eigenvalue weighted by atomic mass is 10.1. The van der Waals surface area contributed by atoms with Gasteiger partial charge in [-0.05, 0) is 24.5 Å². The molecule has 2 rings (SSSR count). The standard InChI is InChI=1S/C9H13N3.ClH/c10-5-7-3-4-8(11)12-9(7)6-1-2-6;/h3-4,6H,1-2,5,10H2,(H2,11,12);1H. The summed E-state index contributed by atoms with van der Waals surface area (Å²) in [6.07, 6.45) is 2.48. The van der Waals surface area contributed by atoms with Crippen LogP contribution >= 0.6 is 12.4 Å². The molecule has 1 saturated carbocycles. The third-order valence-corrected chi connectivity index (χ3v) is 2.22. The van der Waals surface area contributed by atoms with Crippen LogP contribution in [0.5, 0.6) is 0 Å². The van der Waals surface area contributed by atoms with Crippen molar-refractivity contribution in [3.8, 4) is 0 Å². The maximum atomic E-state index is 5.60. The van der Waals surface area contributed by atoms with Crippen LogP contribution in [-0.4, -0.2) is 4.98 Å². The molecule has 0 atom stereocenters. The molecule has 72 valence electrons. The third-order valence-electron chi connectivity index (χ3n) is 2.22. The zero-order valence-electron chi connectivity index (χ0n) is 7.36. The van der Waals surface area contributed by atoms with Gasteiger partial charge in [0.15, 0.2) is 0 Å². The Balaban J connectivity index is 0.000000845. The van der Waals surface area contributed by atoms with Gasteiger partial charge in [-0.25, -0.2) is 4.98 Å². The second kappa shape index (κ2) is 3.94. The Kier molecular flexibility index (Phi) is 3.12. The second-order valence-corrected chi connectivity index (χ2v) is 3.26. The molecule has 0 unspecified atom stereocenters. The topological polar surface area (TPSA) is 64.9 Å². The number of pyridine rings is 1. The fraction of sp³-hybridized carbons (Fsp3) is 0.444. The van der Waals surface area contributed by atoms with Gasteiger partial charge in [0.2, 0.25) is 0 Å². The molecule has 1 aromatic heterocycles. The summed E-state index contributed by atoms with van der Waals surface area (Å²) in [6, 6.07) is 3.80. The molecule has 0 amide bonds. The van der Waals surface area contributed by atoms with E-state index in [2.05, 4.69) is 4.98 Å². The van der Waals surface area contributed by atoms with Crippen LogP contribution in [0.15, 0.2) is 12.1 Å². The van der Waals surface area contributed by atoms with Gasteiger partial charge >= 0.3 is 0 Å². The van der Waals surface area contributed by atoms with Crippen LogP contribution in [0.1, 0.15) is 30.0 Å². The van der Waals surface area contributed by atoms with E-state index in [1.54, 1.807) is 0 Å². The zero-order valence-corrected chi connectivity index (χ0v) is 8.18. The molecule has 0 saturated heterocycles. The monoisotopic (exact) mass is 199 g/mol. The zero-order chi connectivity index (χ0) is 8.55. The molecule has 0 radical (unpaired) electrons. The Hall–Kier alpha value is -0.800. The molecule has 0 bridgehead atoms. The van der Waals surface area contributed by atoms with Gasteiger partial charge in [0.1, 0.15) is 5.82 Å². The van der Waals surface area contributed by atoms with E-state index >= 15 is 0 Å². The number of rotatable bonds is 2. The highest BCUT2D eigenvalue weighted by Gasteiger charge is 2.27. The largest absolute Gasteiger partial charge is 0.384 e. The molecular formula is C9H14ClN3. The van der Waals surface area contributed by atoms with Crippen molar-refractivity contribution in [2.24, 2.45) is 5.73 Å². The van der Waals surface area contributed by atoms with Crippen molar-refractivity contribution in [2.75, 3.05) is 5.73 Å². The molecule has 1 aliphatic carbocycles. The van der Waals surface area contributed by atoms with E-state index < -0.39 is 0 Å². The quantitative estimate of drug-likeness (QED) is 0.757. The van der Waals surface area contributed by atoms with Gasteiger partial charge in [-0.1, -0.05) is 6.07 Å². The lowest BCUT2D eigenvalue weighted by Gasteiger charge is -2.05. The van der Waals surface area contributed by atoms with Crippen molar-refractivity contribution in [1.82, 2.24) is 4.98 Å². The molecule has 4 heteroatoms. The Morgan fingerprint density at radius 2 is 2.08 bits per heavy atom. The number of nitrogens with two attached hydrogens (primary N) is 2. The summed E-state index contributed by atoms with van der Waals surface area (Å²) in [7, 11) is 0. The molecule has 1 heterocycles. The van der Waals surface area contributed by atoms with Gasteiger partial charge in [-0.3, -0.25) is 0 Å². The molecule has 0 spiro atoms. The van der Waals surface area contributed by atoms with Crippen molar-refractivity contribution < 1.29 is 0 Å². The van der Waals surface area contributed by atoms with E-state index in [0.717, 1.165) is 11.3 Å². The first-order valence-corrected chi connectivity index (χ1v) is 4.26. The lowest BCUT2D eigenvalue weighted by molar-refractivity contribution is 0.940. The highest BCUT2D eigenvalue weighted by Crippen LogP contribution is 2.40. The number of halogens is 1. The summed E-state index contributed by atoms with van der Waals surface area (Å²) in [5.41, 5.74) is 13.4. The van der Waals surface area contributed by atoms with E-state index in [9.17, 15) is 0 Å². The van der Waals surface area contributed by atoms with E-state index in [1.807, 2.05) is 12.1 Å². The number of anilines is 1. The first-order valence-electron chi connectivity index (χ1n) is 4.26. The average molecular weight is 200 g/mol. The Labute approximate surface area is 83.9 Å². The maximum absolute atomic E-state index is 5.60. The molecule has 4 N–H and O–H groups in total. The summed E-state index contributed by atoms with van der Waals surface area (Å²) in [6.45, 7) is 0.569. The van der Waals surface area contributed by atoms with Crippen molar-refractivity contribution >= 4 is 18.2 Å². The van der Waals surface area contributed by atoms with Crippen LogP contribution in [0.2, 0.25) is 0 Å². The first-order chi connectivity index (χ1) is 5.81. The van der Waals surface area contributed by atoms with Crippen molar-refractivity contribution in [3.05, 3.63) is 23.4 Å². The Morgan fingerprint density at radius 3 is 2.62 bits per heavy atom. The smallest absolute Gasteiger partial charge is 0.123 e. The van der Waals surface area contributed by atoms with Crippen LogP contribution in [0, 0.1) is 0 Å². The third kappa shape index (κ3) is 2.11. The minimum atomic E-state index is 0. The minimum Gasteiger partial charge on any atom is -0.384 e. The molecule has 1 fully saturated rings. The molecule has 0 aromatic carbocycles. The first kappa shape index (κ1) is 10.3.